The summed E-state index contributed by atoms with van der Waals surface area (Å²) in [6, 6.07) is 71.5. The van der Waals surface area contributed by atoms with Crippen LogP contribution in [0.1, 0.15) is 0 Å². The van der Waals surface area contributed by atoms with Gasteiger partial charge in [-0.1, -0.05) is 146 Å². The van der Waals surface area contributed by atoms with Crippen molar-refractivity contribution in [3.63, 3.8) is 0 Å². The largest absolute Gasteiger partial charge is 0.309 e. The minimum atomic E-state index is 0.874. The maximum Gasteiger partial charge on any atom is 0.218 e. The second-order valence-electron chi connectivity index (χ2n) is 14.3. The molecule has 0 spiro atoms. The van der Waals surface area contributed by atoms with Gasteiger partial charge in [0, 0.05) is 50.1 Å². The molecule has 0 aliphatic rings. The Hall–Kier alpha value is -7.56. The van der Waals surface area contributed by atoms with E-state index >= 15 is 0 Å². The van der Waals surface area contributed by atoms with Gasteiger partial charge in [-0.2, -0.15) is 4.57 Å². The molecule has 0 saturated carbocycles. The maximum atomic E-state index is 5.46. The van der Waals surface area contributed by atoms with Gasteiger partial charge in [0.15, 0.2) is 0 Å². The molecule has 0 aliphatic heterocycles. The average Bonchev–Trinajstić information content (AvgIpc) is 3.80. The molecule has 11 rings (SSSR count). The van der Waals surface area contributed by atoms with E-state index in [0.29, 0.717) is 0 Å². The number of hydrogen-bond acceptors (Lipinski definition) is 1. The van der Waals surface area contributed by atoms with Crippen molar-refractivity contribution in [3.8, 4) is 50.7 Å². The Kier molecular flexibility index (Phi) is 7.46. The SMILES string of the molecule is c1ccc(-c2c[n+](-c3ccccc3-c3ccccc3)cc(-c3cc(-n4c5ccccc5c5ccccc54)cc(-n4c5ccccc5c5ccccc54)c3)n2)cc1. The van der Waals surface area contributed by atoms with Gasteiger partial charge < -0.3 is 9.13 Å². The third-order valence-corrected chi connectivity index (χ3v) is 11.0. The summed E-state index contributed by atoms with van der Waals surface area (Å²) in [4.78, 5) is 5.46. The molecule has 8 aromatic carbocycles. The molecule has 0 N–H and O–H groups in total. The van der Waals surface area contributed by atoms with Gasteiger partial charge in [0.2, 0.25) is 18.1 Å². The van der Waals surface area contributed by atoms with Crippen molar-refractivity contribution >= 4 is 43.6 Å². The number of para-hydroxylation sites is 5. The predicted molar refractivity (Wildman–Crippen MR) is 231 cm³/mol. The molecule has 3 aromatic heterocycles. The fourth-order valence-electron chi connectivity index (χ4n) is 8.48. The van der Waals surface area contributed by atoms with E-state index in [0.717, 1.165) is 72.8 Å². The van der Waals surface area contributed by atoms with Crippen LogP contribution in [0.5, 0.6) is 0 Å². The molecule has 56 heavy (non-hydrogen) atoms. The van der Waals surface area contributed by atoms with Crippen molar-refractivity contribution in [2.45, 2.75) is 0 Å². The van der Waals surface area contributed by atoms with Crippen LogP contribution in [0.3, 0.4) is 0 Å². The lowest BCUT2D eigenvalue weighted by atomic mass is 10.0. The van der Waals surface area contributed by atoms with E-state index in [4.69, 9.17) is 4.98 Å². The van der Waals surface area contributed by atoms with E-state index in [1.165, 1.54) is 21.5 Å². The van der Waals surface area contributed by atoms with Gasteiger partial charge in [-0.15, -0.1) is 0 Å². The molecule has 262 valence electrons. The molecule has 4 nitrogen and oxygen atoms in total. The number of rotatable bonds is 6. The van der Waals surface area contributed by atoms with Gasteiger partial charge >= 0.3 is 0 Å². The molecule has 0 bridgehead atoms. The van der Waals surface area contributed by atoms with Gasteiger partial charge in [-0.25, -0.2) is 4.98 Å². The highest BCUT2D eigenvalue weighted by atomic mass is 15.0. The Morgan fingerprint density at radius 2 is 0.732 bits per heavy atom. The summed E-state index contributed by atoms with van der Waals surface area (Å²) in [5.41, 5.74) is 14.0. The maximum absolute atomic E-state index is 5.46. The highest BCUT2D eigenvalue weighted by Gasteiger charge is 2.22. The molecule has 0 atom stereocenters. The molecule has 0 amide bonds. The molecule has 0 aliphatic carbocycles. The van der Waals surface area contributed by atoms with Crippen LogP contribution in [0.4, 0.5) is 0 Å². The van der Waals surface area contributed by atoms with Gasteiger partial charge in [0.1, 0.15) is 11.4 Å². The minimum Gasteiger partial charge on any atom is -0.309 e. The molecule has 0 saturated heterocycles. The summed E-state index contributed by atoms with van der Waals surface area (Å²) in [6.07, 6.45) is 4.35. The van der Waals surface area contributed by atoms with Gasteiger partial charge in [-0.05, 0) is 54.1 Å². The van der Waals surface area contributed by atoms with Crippen LogP contribution in [-0.4, -0.2) is 14.1 Å². The third kappa shape index (κ3) is 5.23. The topological polar surface area (TPSA) is 26.6 Å². The first-order valence-corrected chi connectivity index (χ1v) is 19.0. The normalized spacial score (nSPS) is 11.6. The molecule has 0 radical (unpaired) electrons. The quantitative estimate of drug-likeness (QED) is 0.157. The highest BCUT2D eigenvalue weighted by molar-refractivity contribution is 6.10. The average molecular weight is 716 g/mol. The van der Waals surface area contributed by atoms with Gasteiger partial charge in [0.25, 0.3) is 0 Å². The number of benzene rings is 8. The number of nitrogens with zero attached hydrogens (tertiary/aromatic N) is 4. The van der Waals surface area contributed by atoms with Crippen molar-refractivity contribution in [3.05, 3.63) is 213 Å². The van der Waals surface area contributed by atoms with Gasteiger partial charge in [0.05, 0.1) is 27.6 Å². The Morgan fingerprint density at radius 3 is 1.23 bits per heavy atom. The van der Waals surface area contributed by atoms with Crippen molar-refractivity contribution in [2.24, 2.45) is 0 Å². The van der Waals surface area contributed by atoms with E-state index in [-0.39, 0.29) is 0 Å². The summed E-state index contributed by atoms with van der Waals surface area (Å²) in [7, 11) is 0. The molecule has 4 heteroatoms. The second-order valence-corrected chi connectivity index (χ2v) is 14.3. The van der Waals surface area contributed by atoms with E-state index < -0.39 is 0 Å². The van der Waals surface area contributed by atoms with E-state index in [1.807, 2.05) is 0 Å². The Balaban J connectivity index is 1.23. The monoisotopic (exact) mass is 715 g/mol. The minimum absolute atomic E-state index is 0.874. The Labute approximate surface area is 324 Å². The standard InChI is InChI=1S/C52H35N4/c1-3-17-36(18-4-1)41-21-7-12-26-48(41)54-34-46(37-19-5-2-6-20-37)53-47(35-54)38-31-39(55-49-27-13-8-22-42(49)43-23-9-14-28-50(43)55)33-40(32-38)56-51-29-15-10-24-44(51)45-25-11-16-30-52(45)56/h1-35H/q+1. The second kappa shape index (κ2) is 13.1. The Morgan fingerprint density at radius 1 is 0.339 bits per heavy atom. The lowest BCUT2D eigenvalue weighted by Gasteiger charge is -2.16. The summed E-state index contributed by atoms with van der Waals surface area (Å²) in [6.45, 7) is 0. The van der Waals surface area contributed by atoms with E-state index in [9.17, 15) is 0 Å². The number of aromatic nitrogens is 4. The third-order valence-electron chi connectivity index (χ3n) is 11.0. The molecule has 0 fully saturated rings. The molecule has 3 heterocycles. The smallest absolute Gasteiger partial charge is 0.218 e. The summed E-state index contributed by atoms with van der Waals surface area (Å²) >= 11 is 0. The van der Waals surface area contributed by atoms with E-state index in [1.54, 1.807) is 0 Å². The molecule has 11 aromatic rings. The van der Waals surface area contributed by atoms with Crippen LogP contribution in [0.15, 0.2) is 213 Å². The van der Waals surface area contributed by atoms with Crippen LogP contribution in [0.2, 0.25) is 0 Å². The lowest BCUT2D eigenvalue weighted by Crippen LogP contribution is -2.31. The van der Waals surface area contributed by atoms with Crippen LogP contribution < -0.4 is 4.57 Å². The van der Waals surface area contributed by atoms with Gasteiger partial charge in [-0.3, -0.25) is 0 Å². The first-order chi connectivity index (χ1) is 27.8. The lowest BCUT2D eigenvalue weighted by molar-refractivity contribution is -0.594. The van der Waals surface area contributed by atoms with Crippen LogP contribution in [0, 0.1) is 0 Å². The molecule has 0 unspecified atom stereocenters. The summed E-state index contributed by atoms with van der Waals surface area (Å²) < 4.78 is 7.07. The predicted octanol–water partition coefficient (Wildman–Crippen LogP) is 12.6. The molecular formula is C52H35N4+. The van der Waals surface area contributed by atoms with Crippen molar-refractivity contribution in [1.29, 1.82) is 0 Å². The first kappa shape index (κ1) is 31.9. The fourth-order valence-corrected chi connectivity index (χ4v) is 8.48. The number of fused-ring (bicyclic) bond motifs is 6. The zero-order valence-electron chi connectivity index (χ0n) is 30.5. The highest BCUT2D eigenvalue weighted by Crippen LogP contribution is 2.38. The van der Waals surface area contributed by atoms with Crippen molar-refractivity contribution in [2.75, 3.05) is 0 Å². The van der Waals surface area contributed by atoms with Crippen LogP contribution in [0.25, 0.3) is 94.3 Å². The van der Waals surface area contributed by atoms with Crippen LogP contribution in [-0.2, 0) is 0 Å². The van der Waals surface area contributed by atoms with Crippen molar-refractivity contribution < 1.29 is 4.57 Å². The van der Waals surface area contributed by atoms with Crippen molar-refractivity contribution in [1.82, 2.24) is 14.1 Å². The first-order valence-electron chi connectivity index (χ1n) is 19.0. The van der Waals surface area contributed by atoms with E-state index in [2.05, 4.69) is 226 Å². The number of hydrogen-bond donors (Lipinski definition) is 0. The summed E-state index contributed by atoms with van der Waals surface area (Å²) in [5, 5.41) is 4.91. The van der Waals surface area contributed by atoms with Crippen LogP contribution >= 0.6 is 0 Å². The summed E-state index contributed by atoms with van der Waals surface area (Å²) in [5.74, 6) is 0. The Bertz CT molecular complexity index is 3010. The molecular weight excluding hydrogens is 681 g/mol. The zero-order chi connectivity index (χ0) is 37.0. The fraction of sp³-hybridized carbons (Fsp3) is 0. The zero-order valence-corrected chi connectivity index (χ0v) is 30.5.